The summed E-state index contributed by atoms with van der Waals surface area (Å²) in [7, 11) is 1.22. The SMILES string of the molecule is COC(=O)[C@H]1[C@H](CCCN=C(N)N)C(=O)N1C(=O)Nc1ccccc1. The summed E-state index contributed by atoms with van der Waals surface area (Å²) < 4.78 is 4.73. The molecular formula is C16H21N5O4. The second-order valence-corrected chi connectivity index (χ2v) is 5.53. The number of urea groups is 1. The number of β-lactam (4-membered cyclic amide) rings is 1. The third-order valence-corrected chi connectivity index (χ3v) is 3.87. The molecule has 1 saturated heterocycles. The van der Waals surface area contributed by atoms with Crippen molar-refractivity contribution in [3.63, 3.8) is 0 Å². The molecule has 0 saturated carbocycles. The highest BCUT2D eigenvalue weighted by Gasteiger charge is 2.54. The van der Waals surface area contributed by atoms with Gasteiger partial charge in [-0.2, -0.15) is 0 Å². The Bertz CT molecular complexity index is 672. The first-order chi connectivity index (χ1) is 12.0. The van der Waals surface area contributed by atoms with Crippen LogP contribution in [0.4, 0.5) is 10.5 Å². The first-order valence-electron chi connectivity index (χ1n) is 7.78. The quantitative estimate of drug-likeness (QED) is 0.222. The number of aliphatic imine (C=N–C) groups is 1. The van der Waals surface area contributed by atoms with Gasteiger partial charge in [-0.1, -0.05) is 18.2 Å². The minimum Gasteiger partial charge on any atom is -0.467 e. The highest BCUT2D eigenvalue weighted by Crippen LogP contribution is 2.32. The van der Waals surface area contributed by atoms with Gasteiger partial charge < -0.3 is 21.5 Å². The number of anilines is 1. The number of benzene rings is 1. The summed E-state index contributed by atoms with van der Waals surface area (Å²) in [5.74, 6) is -1.71. The maximum absolute atomic E-state index is 12.3. The monoisotopic (exact) mass is 347 g/mol. The van der Waals surface area contributed by atoms with E-state index in [4.69, 9.17) is 16.2 Å². The lowest BCUT2D eigenvalue weighted by molar-refractivity contribution is -0.167. The van der Waals surface area contributed by atoms with Crippen molar-refractivity contribution in [3.05, 3.63) is 30.3 Å². The maximum atomic E-state index is 12.3. The fourth-order valence-electron chi connectivity index (χ4n) is 2.67. The minimum atomic E-state index is -0.944. The minimum absolute atomic E-state index is 0.0340. The average molecular weight is 347 g/mol. The van der Waals surface area contributed by atoms with E-state index in [2.05, 4.69) is 10.3 Å². The number of nitrogens with two attached hydrogens (primary N) is 2. The number of amides is 3. The van der Waals surface area contributed by atoms with Crippen LogP contribution in [0.2, 0.25) is 0 Å². The van der Waals surface area contributed by atoms with Crippen LogP contribution in [-0.2, 0) is 14.3 Å². The van der Waals surface area contributed by atoms with E-state index in [1.54, 1.807) is 30.3 Å². The zero-order valence-corrected chi connectivity index (χ0v) is 13.8. The molecule has 1 heterocycles. The van der Waals surface area contributed by atoms with Crippen LogP contribution in [0, 0.1) is 5.92 Å². The molecule has 0 aromatic heterocycles. The van der Waals surface area contributed by atoms with Gasteiger partial charge in [0.2, 0.25) is 5.91 Å². The predicted octanol–water partition coefficient (Wildman–Crippen LogP) is 0.272. The summed E-state index contributed by atoms with van der Waals surface area (Å²) in [5, 5.41) is 2.59. The van der Waals surface area contributed by atoms with Gasteiger partial charge in [0.05, 0.1) is 13.0 Å². The number of imide groups is 1. The number of carbonyl (C=O) groups is 3. The van der Waals surface area contributed by atoms with Gasteiger partial charge in [0.1, 0.15) is 0 Å². The van der Waals surface area contributed by atoms with E-state index in [1.807, 2.05) is 0 Å². The number of hydrogen-bond acceptors (Lipinski definition) is 5. The van der Waals surface area contributed by atoms with Crippen molar-refractivity contribution in [2.45, 2.75) is 18.9 Å². The molecule has 0 radical (unpaired) electrons. The molecule has 1 aliphatic rings. The second kappa shape index (κ2) is 8.13. The predicted molar refractivity (Wildman–Crippen MR) is 91.5 cm³/mol. The van der Waals surface area contributed by atoms with Crippen molar-refractivity contribution in [1.29, 1.82) is 0 Å². The molecule has 9 nitrogen and oxygen atoms in total. The summed E-state index contributed by atoms with van der Waals surface area (Å²) in [6.45, 7) is 0.343. The third kappa shape index (κ3) is 4.25. The van der Waals surface area contributed by atoms with E-state index < -0.39 is 29.9 Å². The van der Waals surface area contributed by atoms with Crippen LogP contribution in [-0.4, -0.2) is 48.5 Å². The fourth-order valence-corrected chi connectivity index (χ4v) is 2.67. The summed E-state index contributed by atoms with van der Waals surface area (Å²) in [6, 6.07) is 7.06. The number of methoxy groups -OCH3 is 1. The molecule has 2 rings (SSSR count). The molecule has 2 atom stereocenters. The number of guanidine groups is 1. The normalized spacial score (nSPS) is 18.9. The van der Waals surface area contributed by atoms with E-state index >= 15 is 0 Å². The Kier molecular flexibility index (Phi) is 5.93. The molecule has 1 fully saturated rings. The molecule has 134 valence electrons. The molecular weight excluding hydrogens is 326 g/mol. The topological polar surface area (TPSA) is 140 Å². The first kappa shape index (κ1) is 18.2. The van der Waals surface area contributed by atoms with Gasteiger partial charge in [0.15, 0.2) is 12.0 Å². The lowest BCUT2D eigenvalue weighted by atomic mass is 9.84. The summed E-state index contributed by atoms with van der Waals surface area (Å²) in [5.41, 5.74) is 11.0. The molecule has 1 aliphatic heterocycles. The molecule has 1 aromatic rings. The van der Waals surface area contributed by atoms with Crippen LogP contribution in [0.3, 0.4) is 0 Å². The highest BCUT2D eigenvalue weighted by molar-refractivity contribution is 6.11. The molecule has 0 bridgehead atoms. The number of esters is 1. The smallest absolute Gasteiger partial charge is 0.329 e. The van der Waals surface area contributed by atoms with Crippen LogP contribution in [0.1, 0.15) is 12.8 Å². The zero-order valence-electron chi connectivity index (χ0n) is 13.8. The summed E-state index contributed by atoms with van der Waals surface area (Å²) in [6.07, 6.45) is 0.889. The first-order valence-corrected chi connectivity index (χ1v) is 7.78. The molecule has 25 heavy (non-hydrogen) atoms. The molecule has 1 aromatic carbocycles. The Morgan fingerprint density at radius 1 is 1.28 bits per heavy atom. The van der Waals surface area contributed by atoms with Crippen molar-refractivity contribution in [2.75, 3.05) is 19.0 Å². The van der Waals surface area contributed by atoms with Crippen molar-refractivity contribution >= 4 is 29.6 Å². The Morgan fingerprint density at radius 3 is 2.56 bits per heavy atom. The van der Waals surface area contributed by atoms with E-state index in [1.165, 1.54) is 7.11 Å². The van der Waals surface area contributed by atoms with Gasteiger partial charge in [0.25, 0.3) is 0 Å². The summed E-state index contributed by atoms with van der Waals surface area (Å²) in [4.78, 5) is 41.4. The number of ether oxygens (including phenoxy) is 1. The number of para-hydroxylation sites is 1. The molecule has 0 unspecified atom stereocenters. The van der Waals surface area contributed by atoms with Gasteiger partial charge >= 0.3 is 12.0 Å². The van der Waals surface area contributed by atoms with Crippen molar-refractivity contribution in [1.82, 2.24) is 4.90 Å². The largest absolute Gasteiger partial charge is 0.467 e. The lowest BCUT2D eigenvalue weighted by Crippen LogP contribution is -2.67. The summed E-state index contributed by atoms with van der Waals surface area (Å²) >= 11 is 0. The molecule has 0 spiro atoms. The number of likely N-dealkylation sites (tertiary alicyclic amines) is 1. The van der Waals surface area contributed by atoms with Crippen LogP contribution in [0.25, 0.3) is 0 Å². The molecule has 3 amide bonds. The van der Waals surface area contributed by atoms with Gasteiger partial charge in [-0.15, -0.1) is 0 Å². The standard InChI is InChI=1S/C16H21N5O4/c1-25-14(23)12-11(8-5-9-19-15(17)18)13(22)21(12)16(24)20-10-6-3-2-4-7-10/h2-4,6-7,11-12H,5,8-9H2,1H3,(H,20,24)(H4,17,18,19)/t11-,12+/m0/s1. The van der Waals surface area contributed by atoms with Crippen LogP contribution in [0.5, 0.6) is 0 Å². The van der Waals surface area contributed by atoms with Crippen molar-refractivity contribution < 1.29 is 19.1 Å². The van der Waals surface area contributed by atoms with E-state index in [0.29, 0.717) is 25.1 Å². The number of hydrogen-bond donors (Lipinski definition) is 3. The average Bonchev–Trinajstić information content (AvgIpc) is 2.59. The fraction of sp³-hybridized carbons (Fsp3) is 0.375. The second-order valence-electron chi connectivity index (χ2n) is 5.53. The van der Waals surface area contributed by atoms with Crippen LogP contribution >= 0.6 is 0 Å². The lowest BCUT2D eigenvalue weighted by Gasteiger charge is -2.43. The van der Waals surface area contributed by atoms with Gasteiger partial charge in [-0.05, 0) is 25.0 Å². The number of nitrogens with one attached hydrogen (secondary N) is 1. The van der Waals surface area contributed by atoms with Gasteiger partial charge in [-0.3, -0.25) is 9.79 Å². The zero-order chi connectivity index (χ0) is 18.4. The van der Waals surface area contributed by atoms with Crippen LogP contribution < -0.4 is 16.8 Å². The highest BCUT2D eigenvalue weighted by atomic mass is 16.5. The maximum Gasteiger partial charge on any atom is 0.329 e. The van der Waals surface area contributed by atoms with Gasteiger partial charge in [-0.25, -0.2) is 14.5 Å². The Hall–Kier alpha value is -3.10. The van der Waals surface area contributed by atoms with Gasteiger partial charge in [0, 0.05) is 12.2 Å². The third-order valence-electron chi connectivity index (χ3n) is 3.87. The number of rotatable bonds is 6. The molecule has 5 N–H and O–H groups in total. The Labute approximate surface area is 145 Å². The number of nitrogens with zero attached hydrogens (tertiary/aromatic N) is 2. The molecule has 9 heteroatoms. The van der Waals surface area contributed by atoms with E-state index in [9.17, 15) is 14.4 Å². The number of carbonyl (C=O) groups excluding carboxylic acids is 3. The molecule has 0 aliphatic carbocycles. The van der Waals surface area contributed by atoms with Crippen molar-refractivity contribution in [2.24, 2.45) is 22.4 Å². The van der Waals surface area contributed by atoms with Crippen LogP contribution in [0.15, 0.2) is 35.3 Å². The Balaban J connectivity index is 2.02. The van der Waals surface area contributed by atoms with E-state index in [-0.39, 0.29) is 5.96 Å². The van der Waals surface area contributed by atoms with E-state index in [0.717, 1.165) is 4.90 Å². The Morgan fingerprint density at radius 2 is 1.96 bits per heavy atom. The van der Waals surface area contributed by atoms with Crippen molar-refractivity contribution in [3.8, 4) is 0 Å².